The molecule has 3 rings (SSSR count). The van der Waals surface area contributed by atoms with Crippen molar-refractivity contribution >= 4 is 37.4 Å². The van der Waals surface area contributed by atoms with Crippen LogP contribution in [0.15, 0.2) is 53.0 Å². The third-order valence-electron chi connectivity index (χ3n) is 2.96. The smallest absolute Gasteiger partial charge is 0.0395 e. The average molecular weight is 333 g/mol. The second kappa shape index (κ2) is 6.36. The number of fused-ring (bicyclic) bond motifs is 1. The van der Waals surface area contributed by atoms with Crippen LogP contribution in [0.25, 0.3) is 20.5 Å². The molecule has 2 heteroatoms. The number of thiophene rings is 1. The summed E-state index contributed by atoms with van der Waals surface area (Å²) >= 11 is 5.49. The monoisotopic (exact) mass is 332 g/mol. The Labute approximate surface area is 127 Å². The predicted octanol–water partition coefficient (Wildman–Crippen LogP) is 6.67. The molecule has 0 unspecified atom stereocenters. The Morgan fingerprint density at radius 3 is 2.21 bits per heavy atom. The fourth-order valence-electron chi connectivity index (χ4n) is 2.08. The van der Waals surface area contributed by atoms with Gasteiger partial charge in [-0.2, -0.15) is 0 Å². The van der Waals surface area contributed by atoms with Crippen molar-refractivity contribution in [3.05, 3.63) is 58.6 Å². The molecule has 0 aliphatic heterocycles. The van der Waals surface area contributed by atoms with Crippen molar-refractivity contribution in [1.29, 1.82) is 0 Å². The molecule has 0 nitrogen and oxygen atoms in total. The van der Waals surface area contributed by atoms with Crippen LogP contribution in [0, 0.1) is 6.92 Å². The van der Waals surface area contributed by atoms with Gasteiger partial charge in [-0.25, -0.2) is 0 Å². The van der Waals surface area contributed by atoms with E-state index in [9.17, 15) is 0 Å². The first-order valence-corrected chi connectivity index (χ1v) is 8.11. The molecule has 0 N–H and O–H groups in total. The number of rotatable bonds is 1. The molecule has 0 aliphatic rings. The first-order chi connectivity index (χ1) is 9.27. The van der Waals surface area contributed by atoms with Crippen molar-refractivity contribution in [2.45, 2.75) is 20.8 Å². The van der Waals surface area contributed by atoms with Gasteiger partial charge in [0.2, 0.25) is 0 Å². The molecule has 1 heterocycles. The maximum atomic E-state index is 3.63. The fourth-order valence-corrected chi connectivity index (χ4v) is 3.94. The molecule has 2 aromatic carbocycles. The summed E-state index contributed by atoms with van der Waals surface area (Å²) in [6, 6.07) is 17.0. The molecular weight excluding hydrogens is 316 g/mol. The first kappa shape index (κ1) is 14.3. The van der Waals surface area contributed by atoms with Crippen LogP contribution in [-0.2, 0) is 0 Å². The van der Waals surface area contributed by atoms with Crippen LogP contribution >= 0.6 is 27.3 Å². The largest absolute Gasteiger partial charge is 0.135 e. The normalized spacial score (nSPS) is 10.1. The van der Waals surface area contributed by atoms with Crippen LogP contribution < -0.4 is 0 Å². The minimum atomic E-state index is 1.16. The molecule has 0 bridgehead atoms. The van der Waals surface area contributed by atoms with E-state index in [1.54, 1.807) is 0 Å². The molecule has 1 aromatic heterocycles. The van der Waals surface area contributed by atoms with Crippen LogP contribution in [-0.4, -0.2) is 0 Å². The lowest BCUT2D eigenvalue weighted by Crippen LogP contribution is -1.77. The Morgan fingerprint density at radius 1 is 0.895 bits per heavy atom. The van der Waals surface area contributed by atoms with E-state index in [0.717, 1.165) is 4.47 Å². The maximum absolute atomic E-state index is 3.63. The summed E-state index contributed by atoms with van der Waals surface area (Å²) in [6.07, 6.45) is 0. The highest BCUT2D eigenvalue weighted by atomic mass is 79.9. The van der Waals surface area contributed by atoms with E-state index >= 15 is 0 Å². The molecule has 3 aromatic rings. The molecule has 0 atom stereocenters. The van der Waals surface area contributed by atoms with Gasteiger partial charge in [0.05, 0.1) is 0 Å². The van der Waals surface area contributed by atoms with Crippen LogP contribution in [0.5, 0.6) is 0 Å². The van der Waals surface area contributed by atoms with Gasteiger partial charge in [-0.1, -0.05) is 66.2 Å². The Kier molecular flexibility index (Phi) is 4.78. The highest BCUT2D eigenvalue weighted by Crippen LogP contribution is 2.40. The lowest BCUT2D eigenvalue weighted by atomic mass is 10.1. The van der Waals surface area contributed by atoms with Crippen LogP contribution in [0.1, 0.15) is 19.4 Å². The van der Waals surface area contributed by atoms with Crippen molar-refractivity contribution < 1.29 is 0 Å². The van der Waals surface area contributed by atoms with Crippen molar-refractivity contribution in [2.75, 3.05) is 0 Å². The Morgan fingerprint density at radius 2 is 1.53 bits per heavy atom. The average Bonchev–Trinajstić information content (AvgIpc) is 2.79. The highest BCUT2D eigenvalue weighted by Gasteiger charge is 2.11. The SMILES string of the molecule is CC.Cc1c(-c2ccccc2Br)sc2ccccc12. The second-order valence-electron chi connectivity index (χ2n) is 4.03. The highest BCUT2D eigenvalue weighted by molar-refractivity contribution is 9.10. The summed E-state index contributed by atoms with van der Waals surface area (Å²) in [7, 11) is 0. The van der Waals surface area contributed by atoms with Gasteiger partial charge in [-0.15, -0.1) is 11.3 Å². The zero-order chi connectivity index (χ0) is 13.8. The zero-order valence-corrected chi connectivity index (χ0v) is 13.8. The van der Waals surface area contributed by atoms with Gasteiger partial charge in [0.15, 0.2) is 0 Å². The minimum Gasteiger partial charge on any atom is -0.135 e. The second-order valence-corrected chi connectivity index (χ2v) is 5.94. The van der Waals surface area contributed by atoms with Gasteiger partial charge in [-0.3, -0.25) is 0 Å². The first-order valence-electron chi connectivity index (χ1n) is 6.50. The summed E-state index contributed by atoms with van der Waals surface area (Å²) in [6.45, 7) is 6.20. The van der Waals surface area contributed by atoms with Crippen LogP contribution in [0.2, 0.25) is 0 Å². The number of hydrogen-bond donors (Lipinski definition) is 0. The van der Waals surface area contributed by atoms with E-state index in [0.29, 0.717) is 0 Å². The molecule has 0 spiro atoms. The van der Waals surface area contributed by atoms with Gasteiger partial charge in [-0.05, 0) is 30.0 Å². The van der Waals surface area contributed by atoms with Crippen molar-refractivity contribution in [3.8, 4) is 10.4 Å². The Hall–Kier alpha value is -1.12. The van der Waals surface area contributed by atoms with E-state index in [-0.39, 0.29) is 0 Å². The van der Waals surface area contributed by atoms with Crippen molar-refractivity contribution in [1.82, 2.24) is 0 Å². The number of aryl methyl sites for hydroxylation is 1. The Balaban J connectivity index is 0.000000637. The van der Waals surface area contributed by atoms with E-state index < -0.39 is 0 Å². The Bertz CT molecular complexity index is 683. The van der Waals surface area contributed by atoms with E-state index in [1.165, 1.54) is 26.1 Å². The van der Waals surface area contributed by atoms with Crippen LogP contribution in [0.3, 0.4) is 0 Å². The fraction of sp³-hybridized carbons (Fsp3) is 0.176. The summed E-state index contributed by atoms with van der Waals surface area (Å²) in [4.78, 5) is 1.36. The van der Waals surface area contributed by atoms with Gasteiger partial charge in [0.25, 0.3) is 0 Å². The molecule has 0 saturated heterocycles. The minimum absolute atomic E-state index is 1.16. The molecule has 98 valence electrons. The van der Waals surface area contributed by atoms with Crippen molar-refractivity contribution in [3.63, 3.8) is 0 Å². The topological polar surface area (TPSA) is 0 Å². The third-order valence-corrected chi connectivity index (χ3v) is 4.96. The quantitative estimate of drug-likeness (QED) is 0.467. The zero-order valence-electron chi connectivity index (χ0n) is 11.4. The third kappa shape index (κ3) is 2.75. The summed E-state index contributed by atoms with van der Waals surface area (Å²) < 4.78 is 2.52. The predicted molar refractivity (Wildman–Crippen MR) is 91.0 cm³/mol. The number of hydrogen-bond acceptors (Lipinski definition) is 1. The molecule has 0 saturated carbocycles. The maximum Gasteiger partial charge on any atom is 0.0395 e. The van der Waals surface area contributed by atoms with E-state index in [4.69, 9.17) is 0 Å². The van der Waals surface area contributed by atoms with Gasteiger partial charge in [0.1, 0.15) is 0 Å². The van der Waals surface area contributed by atoms with Gasteiger partial charge < -0.3 is 0 Å². The van der Waals surface area contributed by atoms with Gasteiger partial charge >= 0.3 is 0 Å². The standard InChI is InChI=1S/C15H11BrS.C2H6/c1-10-11-6-3-5-9-14(11)17-15(10)12-7-2-4-8-13(12)16;1-2/h2-9H,1H3;1-2H3. The number of benzene rings is 2. The summed E-state index contributed by atoms with van der Waals surface area (Å²) in [5, 5.41) is 1.36. The van der Waals surface area contributed by atoms with Crippen molar-refractivity contribution in [2.24, 2.45) is 0 Å². The van der Waals surface area contributed by atoms with E-state index in [1.807, 2.05) is 25.2 Å². The lowest BCUT2D eigenvalue weighted by Gasteiger charge is -2.02. The number of halogens is 1. The molecule has 0 fully saturated rings. The molecule has 0 aliphatic carbocycles. The molecule has 19 heavy (non-hydrogen) atoms. The van der Waals surface area contributed by atoms with Crippen LogP contribution in [0.4, 0.5) is 0 Å². The van der Waals surface area contributed by atoms with Gasteiger partial charge in [0, 0.05) is 19.6 Å². The molecule has 0 amide bonds. The lowest BCUT2D eigenvalue weighted by molar-refractivity contribution is 1.50. The molecule has 0 radical (unpaired) electrons. The molecular formula is C17H17BrS. The summed E-state index contributed by atoms with van der Waals surface area (Å²) in [5.41, 5.74) is 2.66. The summed E-state index contributed by atoms with van der Waals surface area (Å²) in [5.74, 6) is 0. The van der Waals surface area contributed by atoms with E-state index in [2.05, 4.69) is 71.4 Å².